The van der Waals surface area contributed by atoms with Crippen LogP contribution in [0.4, 0.5) is 5.69 Å². The second kappa shape index (κ2) is 6.68. The average molecular weight is 361 g/mol. The number of hydrogen-bond acceptors (Lipinski definition) is 4. The predicted molar refractivity (Wildman–Crippen MR) is 104 cm³/mol. The standard InChI is InChI=1S/C21H23N5O/c27-20(15-25-14-8-16-5-1-2-6-18(16)25)24-12-9-17(10-13-24)21-23-22-19-7-3-4-11-26(19)21/h1-7,11,17H,8-10,12-15H2. The van der Waals surface area contributed by atoms with E-state index in [0.717, 1.165) is 50.4 Å². The number of benzene rings is 1. The summed E-state index contributed by atoms with van der Waals surface area (Å²) in [5.74, 6) is 1.61. The van der Waals surface area contributed by atoms with Crippen LogP contribution in [0.2, 0.25) is 0 Å². The Morgan fingerprint density at radius 3 is 2.70 bits per heavy atom. The second-order valence-corrected chi connectivity index (χ2v) is 7.44. The number of likely N-dealkylation sites (tertiary alicyclic amines) is 1. The molecular formula is C21H23N5O. The minimum atomic E-state index is 0.233. The Labute approximate surface area is 158 Å². The highest BCUT2D eigenvalue weighted by atomic mass is 16.2. The predicted octanol–water partition coefficient (Wildman–Crippen LogP) is 2.50. The van der Waals surface area contributed by atoms with Gasteiger partial charge in [-0.15, -0.1) is 10.2 Å². The Bertz CT molecular complexity index is 973. The van der Waals surface area contributed by atoms with Crippen molar-refractivity contribution < 1.29 is 4.79 Å². The van der Waals surface area contributed by atoms with Crippen LogP contribution in [-0.4, -0.2) is 51.6 Å². The third-order valence-corrected chi connectivity index (χ3v) is 5.86. The van der Waals surface area contributed by atoms with E-state index in [1.165, 1.54) is 11.3 Å². The lowest BCUT2D eigenvalue weighted by atomic mass is 9.96. The van der Waals surface area contributed by atoms with Crippen LogP contribution in [0.5, 0.6) is 0 Å². The molecule has 0 bridgehead atoms. The lowest BCUT2D eigenvalue weighted by Crippen LogP contribution is -2.43. The van der Waals surface area contributed by atoms with Crippen LogP contribution in [0.1, 0.15) is 30.1 Å². The van der Waals surface area contributed by atoms with Gasteiger partial charge < -0.3 is 9.80 Å². The molecule has 2 aromatic heterocycles. The number of para-hydroxylation sites is 1. The highest BCUT2D eigenvalue weighted by molar-refractivity contribution is 5.82. The lowest BCUT2D eigenvalue weighted by Gasteiger charge is -2.32. The zero-order chi connectivity index (χ0) is 18.2. The molecule has 0 radical (unpaired) electrons. The molecule has 3 aromatic rings. The number of aromatic nitrogens is 3. The quantitative estimate of drug-likeness (QED) is 0.719. The monoisotopic (exact) mass is 361 g/mol. The van der Waals surface area contributed by atoms with E-state index in [1.54, 1.807) is 0 Å². The average Bonchev–Trinajstić information content (AvgIpc) is 3.33. The van der Waals surface area contributed by atoms with Gasteiger partial charge in [-0.3, -0.25) is 9.20 Å². The molecule has 6 heteroatoms. The normalized spacial score (nSPS) is 17.5. The maximum Gasteiger partial charge on any atom is 0.242 e. The number of pyridine rings is 1. The Morgan fingerprint density at radius 2 is 1.81 bits per heavy atom. The summed E-state index contributed by atoms with van der Waals surface area (Å²) in [4.78, 5) is 17.1. The molecule has 1 aromatic carbocycles. The zero-order valence-corrected chi connectivity index (χ0v) is 15.3. The van der Waals surface area contributed by atoms with Gasteiger partial charge in [0.15, 0.2) is 5.65 Å². The zero-order valence-electron chi connectivity index (χ0n) is 15.3. The fraction of sp³-hybridized carbons (Fsp3) is 0.381. The van der Waals surface area contributed by atoms with Gasteiger partial charge in [-0.1, -0.05) is 24.3 Å². The van der Waals surface area contributed by atoms with Gasteiger partial charge in [0.05, 0.1) is 6.54 Å². The molecule has 0 spiro atoms. The van der Waals surface area contributed by atoms with Crippen molar-refractivity contribution >= 4 is 17.2 Å². The first-order valence-electron chi connectivity index (χ1n) is 9.70. The first kappa shape index (κ1) is 16.3. The van der Waals surface area contributed by atoms with E-state index in [4.69, 9.17) is 0 Å². The third kappa shape index (κ3) is 2.95. The Balaban J connectivity index is 1.22. The van der Waals surface area contributed by atoms with E-state index in [-0.39, 0.29) is 5.91 Å². The molecule has 0 aliphatic carbocycles. The number of carbonyl (C=O) groups is 1. The number of fused-ring (bicyclic) bond motifs is 2. The number of anilines is 1. The molecule has 0 unspecified atom stereocenters. The van der Waals surface area contributed by atoms with Crippen molar-refractivity contribution in [1.29, 1.82) is 0 Å². The van der Waals surface area contributed by atoms with Crippen LogP contribution in [0.15, 0.2) is 48.7 Å². The molecule has 0 N–H and O–H groups in total. The summed E-state index contributed by atoms with van der Waals surface area (Å²) in [5.41, 5.74) is 3.46. The summed E-state index contributed by atoms with van der Waals surface area (Å²) in [7, 11) is 0. The van der Waals surface area contributed by atoms with Gasteiger partial charge in [-0.05, 0) is 43.0 Å². The summed E-state index contributed by atoms with van der Waals surface area (Å²) in [6.45, 7) is 3.00. The van der Waals surface area contributed by atoms with E-state index < -0.39 is 0 Å². The maximum absolute atomic E-state index is 12.8. The van der Waals surface area contributed by atoms with E-state index in [0.29, 0.717) is 12.5 Å². The van der Waals surface area contributed by atoms with Gasteiger partial charge in [-0.25, -0.2) is 0 Å². The first-order valence-corrected chi connectivity index (χ1v) is 9.70. The van der Waals surface area contributed by atoms with Crippen molar-refractivity contribution in [2.75, 3.05) is 31.1 Å². The van der Waals surface area contributed by atoms with Gasteiger partial charge in [0.1, 0.15) is 5.82 Å². The summed E-state index contributed by atoms with van der Waals surface area (Å²) in [5, 5.41) is 8.66. The Kier molecular flexibility index (Phi) is 4.03. The Morgan fingerprint density at radius 1 is 1.00 bits per heavy atom. The van der Waals surface area contributed by atoms with Crippen molar-refractivity contribution in [3.8, 4) is 0 Å². The van der Waals surface area contributed by atoms with E-state index >= 15 is 0 Å². The Hall–Kier alpha value is -2.89. The molecule has 1 saturated heterocycles. The van der Waals surface area contributed by atoms with Crippen molar-refractivity contribution in [2.45, 2.75) is 25.2 Å². The molecule has 6 nitrogen and oxygen atoms in total. The fourth-order valence-corrected chi connectivity index (χ4v) is 4.36. The van der Waals surface area contributed by atoms with Crippen molar-refractivity contribution in [3.63, 3.8) is 0 Å². The molecule has 2 aliphatic heterocycles. The van der Waals surface area contributed by atoms with Gasteiger partial charge in [0, 0.05) is 37.4 Å². The minimum absolute atomic E-state index is 0.233. The summed E-state index contributed by atoms with van der Waals surface area (Å²) < 4.78 is 2.07. The van der Waals surface area contributed by atoms with E-state index in [2.05, 4.69) is 43.8 Å². The van der Waals surface area contributed by atoms with Crippen molar-refractivity contribution in [2.24, 2.45) is 0 Å². The molecular weight excluding hydrogens is 338 g/mol. The van der Waals surface area contributed by atoms with Gasteiger partial charge in [0.25, 0.3) is 0 Å². The summed E-state index contributed by atoms with van der Waals surface area (Å²) >= 11 is 0. The third-order valence-electron chi connectivity index (χ3n) is 5.86. The number of hydrogen-bond donors (Lipinski definition) is 0. The number of nitrogens with zero attached hydrogens (tertiary/aromatic N) is 5. The minimum Gasteiger partial charge on any atom is -0.362 e. The van der Waals surface area contributed by atoms with Crippen LogP contribution in [0.25, 0.3) is 5.65 Å². The topological polar surface area (TPSA) is 53.7 Å². The summed E-state index contributed by atoms with van der Waals surface area (Å²) in [6, 6.07) is 14.4. The summed E-state index contributed by atoms with van der Waals surface area (Å²) in [6.07, 6.45) is 4.94. The molecule has 138 valence electrons. The highest BCUT2D eigenvalue weighted by Crippen LogP contribution is 2.29. The molecule has 0 atom stereocenters. The van der Waals surface area contributed by atoms with E-state index in [9.17, 15) is 4.79 Å². The molecule has 1 amide bonds. The van der Waals surface area contributed by atoms with E-state index in [1.807, 2.05) is 29.3 Å². The number of amides is 1. The second-order valence-electron chi connectivity index (χ2n) is 7.44. The molecule has 4 heterocycles. The number of carbonyl (C=O) groups excluding carboxylic acids is 1. The van der Waals surface area contributed by atoms with Crippen molar-refractivity contribution in [1.82, 2.24) is 19.5 Å². The fourth-order valence-electron chi connectivity index (χ4n) is 4.36. The first-order chi connectivity index (χ1) is 13.3. The van der Waals surface area contributed by atoms with Crippen LogP contribution in [0.3, 0.4) is 0 Å². The van der Waals surface area contributed by atoms with Crippen LogP contribution in [0, 0.1) is 0 Å². The molecule has 2 aliphatic rings. The smallest absolute Gasteiger partial charge is 0.242 e. The van der Waals surface area contributed by atoms with Crippen LogP contribution < -0.4 is 4.90 Å². The lowest BCUT2D eigenvalue weighted by molar-refractivity contribution is -0.130. The largest absolute Gasteiger partial charge is 0.362 e. The molecule has 0 saturated carbocycles. The molecule has 1 fully saturated rings. The molecule has 5 rings (SSSR count). The molecule has 27 heavy (non-hydrogen) atoms. The van der Waals surface area contributed by atoms with Gasteiger partial charge in [-0.2, -0.15) is 0 Å². The van der Waals surface area contributed by atoms with Gasteiger partial charge in [0.2, 0.25) is 5.91 Å². The van der Waals surface area contributed by atoms with Gasteiger partial charge >= 0.3 is 0 Å². The SMILES string of the molecule is O=C(CN1CCc2ccccc21)N1CCC(c2nnc3ccccn23)CC1. The maximum atomic E-state index is 12.8. The van der Waals surface area contributed by atoms with Crippen molar-refractivity contribution in [3.05, 3.63) is 60.0 Å². The highest BCUT2D eigenvalue weighted by Gasteiger charge is 2.28. The number of piperidine rings is 1. The number of rotatable bonds is 3. The van der Waals surface area contributed by atoms with Crippen LogP contribution in [-0.2, 0) is 11.2 Å². The van der Waals surface area contributed by atoms with Crippen LogP contribution >= 0.6 is 0 Å².